The van der Waals surface area contributed by atoms with Crippen LogP contribution in [0.15, 0.2) is 30.5 Å². The fourth-order valence-electron chi connectivity index (χ4n) is 2.04. The highest BCUT2D eigenvalue weighted by atomic mass is 16.3. The second-order valence-electron chi connectivity index (χ2n) is 5.61. The van der Waals surface area contributed by atoms with Crippen molar-refractivity contribution < 1.29 is 5.11 Å². The Balaban J connectivity index is 1.87. The Labute approximate surface area is 108 Å². The molecule has 1 aromatic carbocycles. The molecule has 0 spiro atoms. The van der Waals surface area contributed by atoms with Crippen molar-refractivity contribution in [3.8, 4) is 0 Å². The minimum absolute atomic E-state index is 0.0415. The fourth-order valence-corrected chi connectivity index (χ4v) is 2.04. The largest absolute Gasteiger partial charge is 0.396 e. The molecule has 0 atom stereocenters. The zero-order valence-corrected chi connectivity index (χ0v) is 11.2. The number of hydrogen-bond acceptors (Lipinski definition) is 2. The molecule has 0 amide bonds. The monoisotopic (exact) mass is 246 g/mol. The van der Waals surface area contributed by atoms with Crippen molar-refractivity contribution in [2.45, 2.75) is 20.3 Å². The summed E-state index contributed by atoms with van der Waals surface area (Å²) in [6.45, 7) is 6.11. The van der Waals surface area contributed by atoms with Crippen LogP contribution in [0.4, 0.5) is 0 Å². The van der Waals surface area contributed by atoms with E-state index < -0.39 is 0 Å². The molecule has 0 saturated carbocycles. The summed E-state index contributed by atoms with van der Waals surface area (Å²) in [4.78, 5) is 3.29. The highest BCUT2D eigenvalue weighted by Gasteiger charge is 2.15. The van der Waals surface area contributed by atoms with E-state index in [4.69, 9.17) is 0 Å². The smallest absolute Gasteiger partial charge is 0.0494 e. The van der Waals surface area contributed by atoms with Gasteiger partial charge in [-0.15, -0.1) is 0 Å². The minimum Gasteiger partial charge on any atom is -0.396 e. The van der Waals surface area contributed by atoms with E-state index in [2.05, 4.69) is 48.5 Å². The molecular formula is C15H22N2O. The number of rotatable bonds is 6. The van der Waals surface area contributed by atoms with Crippen molar-refractivity contribution in [1.29, 1.82) is 0 Å². The van der Waals surface area contributed by atoms with Gasteiger partial charge in [-0.05, 0) is 24.6 Å². The van der Waals surface area contributed by atoms with Gasteiger partial charge < -0.3 is 15.4 Å². The maximum Gasteiger partial charge on any atom is 0.0494 e. The molecule has 0 unspecified atom stereocenters. The van der Waals surface area contributed by atoms with Crippen LogP contribution in [0.5, 0.6) is 0 Å². The molecule has 0 bridgehead atoms. The third-order valence-corrected chi connectivity index (χ3v) is 3.28. The zero-order valence-electron chi connectivity index (χ0n) is 11.2. The molecule has 0 fully saturated rings. The Hall–Kier alpha value is -1.32. The third kappa shape index (κ3) is 3.12. The Morgan fingerprint density at radius 2 is 2.06 bits per heavy atom. The Morgan fingerprint density at radius 3 is 2.83 bits per heavy atom. The normalized spacial score (nSPS) is 12.2. The first-order chi connectivity index (χ1) is 8.62. The number of para-hydroxylation sites is 1. The van der Waals surface area contributed by atoms with E-state index in [-0.39, 0.29) is 12.0 Å². The van der Waals surface area contributed by atoms with E-state index in [0.29, 0.717) is 0 Å². The van der Waals surface area contributed by atoms with Crippen LogP contribution in [0.25, 0.3) is 10.9 Å². The van der Waals surface area contributed by atoms with Crippen LogP contribution >= 0.6 is 0 Å². The number of aliphatic hydroxyl groups is 1. The number of benzene rings is 1. The van der Waals surface area contributed by atoms with E-state index in [1.165, 1.54) is 16.5 Å². The molecule has 18 heavy (non-hydrogen) atoms. The molecule has 0 aliphatic heterocycles. The molecule has 3 nitrogen and oxygen atoms in total. The predicted octanol–water partition coefficient (Wildman–Crippen LogP) is 2.32. The molecule has 2 aromatic rings. The average molecular weight is 246 g/mol. The molecule has 3 N–H and O–H groups in total. The van der Waals surface area contributed by atoms with Crippen molar-refractivity contribution in [2.75, 3.05) is 19.7 Å². The highest BCUT2D eigenvalue weighted by molar-refractivity contribution is 5.83. The zero-order chi connectivity index (χ0) is 13.0. The maximum absolute atomic E-state index is 9.17. The van der Waals surface area contributed by atoms with Crippen molar-refractivity contribution in [1.82, 2.24) is 10.3 Å². The van der Waals surface area contributed by atoms with Crippen LogP contribution in [0.1, 0.15) is 19.4 Å². The first-order valence-electron chi connectivity index (χ1n) is 6.49. The van der Waals surface area contributed by atoms with Crippen LogP contribution < -0.4 is 5.32 Å². The Kier molecular flexibility index (Phi) is 4.04. The summed E-state index contributed by atoms with van der Waals surface area (Å²) in [6.07, 6.45) is 3.09. The van der Waals surface area contributed by atoms with E-state index in [1.807, 2.05) is 6.07 Å². The van der Waals surface area contributed by atoms with Gasteiger partial charge in [0.15, 0.2) is 0 Å². The SMILES string of the molecule is CC(C)(CO)CNCCc1c[nH]c2ccccc12. The fraction of sp³-hybridized carbons (Fsp3) is 0.467. The van der Waals surface area contributed by atoms with Gasteiger partial charge in [-0.25, -0.2) is 0 Å². The summed E-state index contributed by atoms with van der Waals surface area (Å²) in [5.74, 6) is 0. The molecule has 3 heteroatoms. The van der Waals surface area contributed by atoms with Crippen molar-refractivity contribution >= 4 is 10.9 Å². The van der Waals surface area contributed by atoms with Crippen molar-refractivity contribution in [3.05, 3.63) is 36.0 Å². The standard InChI is InChI=1S/C15H22N2O/c1-15(2,11-18)10-16-8-7-12-9-17-14-6-4-3-5-13(12)14/h3-6,9,16-18H,7-8,10-11H2,1-2H3. The van der Waals surface area contributed by atoms with E-state index in [9.17, 15) is 5.11 Å². The molecule has 0 aliphatic rings. The lowest BCUT2D eigenvalue weighted by molar-refractivity contribution is 0.157. The van der Waals surface area contributed by atoms with Crippen LogP contribution in [0.3, 0.4) is 0 Å². The summed E-state index contributed by atoms with van der Waals surface area (Å²) in [7, 11) is 0. The second kappa shape index (κ2) is 5.55. The summed E-state index contributed by atoms with van der Waals surface area (Å²) in [5.41, 5.74) is 2.50. The summed E-state index contributed by atoms with van der Waals surface area (Å²) in [6, 6.07) is 8.37. The molecular weight excluding hydrogens is 224 g/mol. The van der Waals surface area contributed by atoms with Gasteiger partial charge in [0.2, 0.25) is 0 Å². The van der Waals surface area contributed by atoms with Gasteiger partial charge >= 0.3 is 0 Å². The van der Waals surface area contributed by atoms with E-state index in [0.717, 1.165) is 19.5 Å². The number of hydrogen-bond donors (Lipinski definition) is 3. The van der Waals surface area contributed by atoms with Crippen LogP contribution in [0.2, 0.25) is 0 Å². The first kappa shape index (κ1) is 13.1. The number of nitrogens with one attached hydrogen (secondary N) is 2. The van der Waals surface area contributed by atoms with Gasteiger partial charge in [-0.2, -0.15) is 0 Å². The predicted molar refractivity (Wildman–Crippen MR) is 75.7 cm³/mol. The summed E-state index contributed by atoms with van der Waals surface area (Å²) in [5, 5.41) is 13.9. The van der Waals surface area contributed by atoms with Gasteiger partial charge in [0, 0.05) is 35.7 Å². The molecule has 0 aliphatic carbocycles. The average Bonchev–Trinajstić information content (AvgIpc) is 2.78. The van der Waals surface area contributed by atoms with Gasteiger partial charge in [0.05, 0.1) is 0 Å². The van der Waals surface area contributed by atoms with Gasteiger partial charge in [0.25, 0.3) is 0 Å². The molecule has 2 rings (SSSR count). The Bertz CT molecular complexity index is 502. The third-order valence-electron chi connectivity index (χ3n) is 3.28. The topological polar surface area (TPSA) is 48.0 Å². The summed E-state index contributed by atoms with van der Waals surface area (Å²) < 4.78 is 0. The van der Waals surface area contributed by atoms with Crippen molar-refractivity contribution in [3.63, 3.8) is 0 Å². The molecule has 1 heterocycles. The minimum atomic E-state index is -0.0415. The molecule has 1 aromatic heterocycles. The first-order valence-corrected chi connectivity index (χ1v) is 6.49. The van der Waals surface area contributed by atoms with Crippen LogP contribution in [-0.2, 0) is 6.42 Å². The lowest BCUT2D eigenvalue weighted by Gasteiger charge is -2.21. The second-order valence-corrected chi connectivity index (χ2v) is 5.61. The number of aromatic nitrogens is 1. The van der Waals surface area contributed by atoms with Gasteiger partial charge in [-0.3, -0.25) is 0 Å². The van der Waals surface area contributed by atoms with Crippen LogP contribution in [-0.4, -0.2) is 29.8 Å². The quantitative estimate of drug-likeness (QED) is 0.685. The molecule has 98 valence electrons. The number of aromatic amines is 1. The maximum atomic E-state index is 9.17. The summed E-state index contributed by atoms with van der Waals surface area (Å²) >= 11 is 0. The molecule has 0 saturated heterocycles. The number of H-pyrrole nitrogens is 1. The van der Waals surface area contributed by atoms with Gasteiger partial charge in [0.1, 0.15) is 0 Å². The van der Waals surface area contributed by atoms with E-state index >= 15 is 0 Å². The van der Waals surface area contributed by atoms with Crippen molar-refractivity contribution in [2.24, 2.45) is 5.41 Å². The van der Waals surface area contributed by atoms with Crippen LogP contribution in [0, 0.1) is 5.41 Å². The van der Waals surface area contributed by atoms with Gasteiger partial charge in [-0.1, -0.05) is 32.0 Å². The lowest BCUT2D eigenvalue weighted by Crippen LogP contribution is -2.33. The van der Waals surface area contributed by atoms with E-state index in [1.54, 1.807) is 0 Å². The highest BCUT2D eigenvalue weighted by Crippen LogP contribution is 2.18. The lowest BCUT2D eigenvalue weighted by atomic mass is 9.95. The number of aliphatic hydroxyl groups excluding tert-OH is 1. The Morgan fingerprint density at radius 1 is 1.28 bits per heavy atom. The number of fused-ring (bicyclic) bond motifs is 1. The molecule has 0 radical (unpaired) electrons.